The van der Waals surface area contributed by atoms with Crippen molar-refractivity contribution in [2.45, 2.75) is 44.9 Å². The first-order chi connectivity index (χ1) is 12.0. The number of nitrogens with one attached hydrogen (secondary N) is 1. The Bertz CT molecular complexity index is 740. The van der Waals surface area contributed by atoms with Gasteiger partial charge in [0.15, 0.2) is 6.61 Å². The molecule has 1 aromatic carbocycles. The number of aliphatic carboxylic acids is 1. The van der Waals surface area contributed by atoms with Gasteiger partial charge >= 0.3 is 5.97 Å². The monoisotopic (exact) mass is 405 g/mol. The summed E-state index contributed by atoms with van der Waals surface area (Å²) >= 11 is 0. The van der Waals surface area contributed by atoms with E-state index < -0.39 is 15.0 Å². The number of ether oxygens (including phenoxy) is 1. The first kappa shape index (κ1) is 22.2. The summed E-state index contributed by atoms with van der Waals surface area (Å²) in [4.78, 5) is 22.5. The van der Waals surface area contributed by atoms with Crippen molar-refractivity contribution in [3.63, 3.8) is 0 Å². The van der Waals surface area contributed by atoms with E-state index >= 15 is 0 Å². The third-order valence-electron chi connectivity index (χ3n) is 3.86. The van der Waals surface area contributed by atoms with Gasteiger partial charge in [-0.3, -0.25) is 9.59 Å². The normalized spacial score (nSPS) is 12.5. The molecule has 1 amide bonds. The van der Waals surface area contributed by atoms with Gasteiger partial charge in [-0.2, -0.15) is 0 Å². The smallest absolute Gasteiger partial charge is 0.306 e. The third kappa shape index (κ3) is 7.21. The standard InChI is InChI=1S/C17H24ClNO6S/c1-11(17(21)22)6-4-5-7-19-15(20)10-25-14-8-12(2)16(13(3)9-14)26(18,23)24/h8-9,11H,4-7,10H2,1-3H3,(H,19,20)(H,21,22). The molecular weight excluding hydrogens is 382 g/mol. The highest BCUT2D eigenvalue weighted by molar-refractivity contribution is 8.13. The minimum Gasteiger partial charge on any atom is -0.484 e. The lowest BCUT2D eigenvalue weighted by atomic mass is 10.0. The van der Waals surface area contributed by atoms with Gasteiger partial charge in [-0.25, -0.2) is 8.42 Å². The van der Waals surface area contributed by atoms with Gasteiger partial charge in [0.1, 0.15) is 5.75 Å². The number of unbranched alkanes of at least 4 members (excludes halogenated alkanes) is 1. The Morgan fingerprint density at radius 3 is 2.31 bits per heavy atom. The van der Waals surface area contributed by atoms with E-state index in [-0.39, 0.29) is 23.3 Å². The van der Waals surface area contributed by atoms with E-state index in [0.717, 1.165) is 0 Å². The fourth-order valence-electron chi connectivity index (χ4n) is 2.51. The van der Waals surface area contributed by atoms with Crippen LogP contribution in [0.25, 0.3) is 0 Å². The van der Waals surface area contributed by atoms with Crippen LogP contribution < -0.4 is 10.1 Å². The number of rotatable bonds is 10. The van der Waals surface area contributed by atoms with Crippen LogP contribution in [0.3, 0.4) is 0 Å². The first-order valence-electron chi connectivity index (χ1n) is 8.20. The number of carboxylic acids is 1. The molecule has 0 radical (unpaired) electrons. The Morgan fingerprint density at radius 1 is 1.23 bits per heavy atom. The fourth-order valence-corrected chi connectivity index (χ4v) is 4.12. The van der Waals surface area contributed by atoms with Crippen LogP contribution in [0.1, 0.15) is 37.3 Å². The Kier molecular flexibility index (Phi) is 8.36. The number of hydrogen-bond donors (Lipinski definition) is 2. The van der Waals surface area contributed by atoms with Crippen LogP contribution in [0.2, 0.25) is 0 Å². The molecule has 0 bridgehead atoms. The van der Waals surface area contributed by atoms with Crippen molar-refractivity contribution in [3.05, 3.63) is 23.3 Å². The van der Waals surface area contributed by atoms with E-state index in [1.54, 1.807) is 20.8 Å². The van der Waals surface area contributed by atoms with Crippen LogP contribution in [0.15, 0.2) is 17.0 Å². The van der Waals surface area contributed by atoms with Crippen LogP contribution in [-0.4, -0.2) is 38.6 Å². The lowest BCUT2D eigenvalue weighted by molar-refractivity contribution is -0.141. The molecule has 1 rings (SSSR count). The number of halogens is 1. The fraction of sp³-hybridized carbons (Fsp3) is 0.529. The van der Waals surface area contributed by atoms with E-state index in [9.17, 15) is 18.0 Å². The van der Waals surface area contributed by atoms with Crippen molar-refractivity contribution >= 4 is 31.6 Å². The number of hydrogen-bond acceptors (Lipinski definition) is 5. The van der Waals surface area contributed by atoms with Crippen LogP contribution in [0.5, 0.6) is 5.75 Å². The SMILES string of the molecule is Cc1cc(OCC(=O)NCCCCC(C)C(=O)O)cc(C)c1S(=O)(=O)Cl. The average Bonchev–Trinajstić information content (AvgIpc) is 2.50. The summed E-state index contributed by atoms with van der Waals surface area (Å²) in [7, 11) is 1.56. The highest BCUT2D eigenvalue weighted by Crippen LogP contribution is 2.28. The second-order valence-electron chi connectivity index (χ2n) is 6.20. The van der Waals surface area contributed by atoms with E-state index in [1.807, 2.05) is 0 Å². The van der Waals surface area contributed by atoms with Crippen LogP contribution in [0, 0.1) is 19.8 Å². The molecule has 0 saturated carbocycles. The van der Waals surface area contributed by atoms with Gasteiger partial charge in [-0.05, 0) is 49.9 Å². The second-order valence-corrected chi connectivity index (χ2v) is 8.70. The van der Waals surface area contributed by atoms with E-state index in [1.165, 1.54) is 12.1 Å². The highest BCUT2D eigenvalue weighted by atomic mass is 35.7. The summed E-state index contributed by atoms with van der Waals surface area (Å²) in [6.45, 7) is 5.10. The van der Waals surface area contributed by atoms with Crippen molar-refractivity contribution in [1.82, 2.24) is 5.32 Å². The number of carboxylic acid groups (broad SMARTS) is 1. The molecule has 0 aliphatic carbocycles. The number of amides is 1. The van der Waals surface area contributed by atoms with Crippen LogP contribution >= 0.6 is 10.7 Å². The van der Waals surface area contributed by atoms with Gasteiger partial charge in [0.2, 0.25) is 0 Å². The van der Waals surface area contributed by atoms with Crippen molar-refractivity contribution in [1.29, 1.82) is 0 Å². The van der Waals surface area contributed by atoms with Crippen LogP contribution in [0.4, 0.5) is 0 Å². The Labute approximate surface area is 158 Å². The highest BCUT2D eigenvalue weighted by Gasteiger charge is 2.18. The molecule has 1 atom stereocenters. The van der Waals surface area contributed by atoms with Gasteiger partial charge < -0.3 is 15.2 Å². The quantitative estimate of drug-likeness (QED) is 0.457. The predicted molar refractivity (Wildman–Crippen MR) is 98.1 cm³/mol. The summed E-state index contributed by atoms with van der Waals surface area (Å²) < 4.78 is 28.5. The lowest BCUT2D eigenvalue weighted by Crippen LogP contribution is -2.29. The minimum atomic E-state index is -3.84. The van der Waals surface area contributed by atoms with Gasteiger partial charge in [-0.15, -0.1) is 0 Å². The topological polar surface area (TPSA) is 110 Å². The molecule has 2 N–H and O–H groups in total. The molecule has 146 valence electrons. The molecule has 0 spiro atoms. The first-order valence-corrected chi connectivity index (χ1v) is 10.5. The molecular formula is C17H24ClNO6S. The van der Waals surface area contributed by atoms with Crippen molar-refractivity contribution < 1.29 is 27.9 Å². The zero-order valence-corrected chi connectivity index (χ0v) is 16.6. The van der Waals surface area contributed by atoms with Gasteiger partial charge in [0.25, 0.3) is 15.0 Å². The molecule has 7 nitrogen and oxygen atoms in total. The maximum Gasteiger partial charge on any atom is 0.306 e. The second kappa shape index (κ2) is 9.78. The Hall–Kier alpha value is -1.80. The Morgan fingerprint density at radius 2 is 1.81 bits per heavy atom. The molecule has 0 fully saturated rings. The third-order valence-corrected chi connectivity index (χ3v) is 5.45. The molecule has 1 aromatic rings. The predicted octanol–water partition coefficient (Wildman–Crippen LogP) is 2.62. The maximum absolute atomic E-state index is 11.8. The largest absolute Gasteiger partial charge is 0.484 e. The Balaban J connectivity index is 2.43. The summed E-state index contributed by atoms with van der Waals surface area (Å²) in [6.07, 6.45) is 1.96. The van der Waals surface area contributed by atoms with E-state index in [0.29, 0.717) is 42.7 Å². The summed E-state index contributed by atoms with van der Waals surface area (Å²) in [6, 6.07) is 3.03. The molecule has 26 heavy (non-hydrogen) atoms. The molecule has 0 saturated heterocycles. The van der Waals surface area contributed by atoms with E-state index in [4.69, 9.17) is 20.5 Å². The molecule has 0 aliphatic rings. The van der Waals surface area contributed by atoms with Crippen molar-refractivity contribution in [3.8, 4) is 5.75 Å². The molecule has 1 unspecified atom stereocenters. The van der Waals surface area contributed by atoms with Gasteiger partial charge in [0.05, 0.1) is 10.8 Å². The summed E-state index contributed by atoms with van der Waals surface area (Å²) in [5.41, 5.74) is 0.894. The zero-order chi connectivity index (χ0) is 19.9. The number of carbonyl (C=O) groups excluding carboxylic acids is 1. The number of aryl methyl sites for hydroxylation is 2. The maximum atomic E-state index is 11.8. The zero-order valence-electron chi connectivity index (χ0n) is 15.0. The molecule has 0 heterocycles. The van der Waals surface area contributed by atoms with Crippen molar-refractivity contribution in [2.75, 3.05) is 13.2 Å². The molecule has 0 aliphatic heterocycles. The lowest BCUT2D eigenvalue weighted by Gasteiger charge is -2.12. The van der Waals surface area contributed by atoms with Crippen LogP contribution in [-0.2, 0) is 18.6 Å². The average molecular weight is 406 g/mol. The number of benzene rings is 1. The van der Waals surface area contributed by atoms with Gasteiger partial charge in [-0.1, -0.05) is 13.3 Å². The summed E-state index contributed by atoms with van der Waals surface area (Å²) in [5.74, 6) is -1.13. The van der Waals surface area contributed by atoms with E-state index in [2.05, 4.69) is 5.32 Å². The molecule has 9 heteroatoms. The molecule has 0 aromatic heterocycles. The minimum absolute atomic E-state index is 0.0477. The van der Waals surface area contributed by atoms with Gasteiger partial charge in [0, 0.05) is 17.2 Å². The summed E-state index contributed by atoms with van der Waals surface area (Å²) in [5, 5.41) is 11.5. The number of carbonyl (C=O) groups is 2. The van der Waals surface area contributed by atoms with Crippen molar-refractivity contribution in [2.24, 2.45) is 5.92 Å².